The van der Waals surface area contributed by atoms with Crippen molar-refractivity contribution in [2.24, 2.45) is 0 Å². The van der Waals surface area contributed by atoms with Crippen LogP contribution in [-0.2, 0) is 4.74 Å². The van der Waals surface area contributed by atoms with Gasteiger partial charge >= 0.3 is 5.97 Å². The lowest BCUT2D eigenvalue weighted by atomic mass is 10.1. The van der Waals surface area contributed by atoms with Gasteiger partial charge in [-0.25, -0.2) is 4.79 Å². The summed E-state index contributed by atoms with van der Waals surface area (Å²) in [6.07, 6.45) is 0. The molecule has 0 amide bonds. The van der Waals surface area contributed by atoms with E-state index in [1.807, 2.05) is 20.8 Å². The molecule has 0 unspecified atom stereocenters. The van der Waals surface area contributed by atoms with Gasteiger partial charge in [0.25, 0.3) is 6.01 Å². The van der Waals surface area contributed by atoms with Gasteiger partial charge < -0.3 is 14.9 Å². The summed E-state index contributed by atoms with van der Waals surface area (Å²) in [6, 6.07) is 5.08. The zero-order valence-electron chi connectivity index (χ0n) is 9.98. The summed E-state index contributed by atoms with van der Waals surface area (Å²) < 4.78 is 10.4. The van der Waals surface area contributed by atoms with Gasteiger partial charge in [0.05, 0.1) is 5.56 Å². The van der Waals surface area contributed by atoms with Crippen molar-refractivity contribution in [1.29, 1.82) is 0 Å². The standard InChI is InChI=1S/C12H14N2O3/c1-12(2,3)17-10(15)7-5-4-6-8-9(7)14-11(13)16-8/h4-6H,1-3H3,(H2,13,14). The van der Waals surface area contributed by atoms with Gasteiger partial charge in [-0.05, 0) is 32.9 Å². The van der Waals surface area contributed by atoms with Crippen molar-refractivity contribution in [2.75, 3.05) is 5.73 Å². The van der Waals surface area contributed by atoms with Crippen molar-refractivity contribution in [3.8, 4) is 0 Å². The molecule has 90 valence electrons. The quantitative estimate of drug-likeness (QED) is 0.766. The maximum absolute atomic E-state index is 11.9. The highest BCUT2D eigenvalue weighted by Crippen LogP contribution is 2.22. The number of esters is 1. The molecule has 0 spiro atoms. The molecule has 17 heavy (non-hydrogen) atoms. The number of oxazole rings is 1. The number of hydrogen-bond donors (Lipinski definition) is 1. The van der Waals surface area contributed by atoms with Gasteiger partial charge in [-0.2, -0.15) is 4.98 Å². The Hall–Kier alpha value is -2.04. The van der Waals surface area contributed by atoms with Crippen molar-refractivity contribution in [1.82, 2.24) is 4.98 Å². The Morgan fingerprint density at radius 1 is 1.41 bits per heavy atom. The largest absolute Gasteiger partial charge is 0.456 e. The van der Waals surface area contributed by atoms with Crippen molar-refractivity contribution >= 4 is 23.1 Å². The number of ether oxygens (including phenoxy) is 1. The number of rotatable bonds is 1. The van der Waals surface area contributed by atoms with Gasteiger partial charge in [0.1, 0.15) is 11.1 Å². The van der Waals surface area contributed by atoms with E-state index in [1.165, 1.54) is 0 Å². The number of benzene rings is 1. The minimum Gasteiger partial charge on any atom is -0.456 e. The molecule has 1 aromatic heterocycles. The van der Waals surface area contributed by atoms with Gasteiger partial charge in [-0.1, -0.05) is 6.07 Å². The molecule has 0 aliphatic carbocycles. The van der Waals surface area contributed by atoms with Gasteiger partial charge in [-0.3, -0.25) is 0 Å². The number of carbonyl (C=O) groups excluding carboxylic acids is 1. The zero-order valence-corrected chi connectivity index (χ0v) is 9.98. The molecule has 5 nitrogen and oxygen atoms in total. The van der Waals surface area contributed by atoms with E-state index in [9.17, 15) is 4.79 Å². The SMILES string of the molecule is CC(C)(C)OC(=O)c1cccc2oc(N)nc12. The van der Waals surface area contributed by atoms with Crippen LogP contribution < -0.4 is 5.73 Å². The van der Waals surface area contributed by atoms with Crippen LogP contribution in [-0.4, -0.2) is 16.6 Å². The minimum absolute atomic E-state index is 0.0380. The molecule has 0 aliphatic rings. The molecule has 1 heterocycles. The summed E-state index contributed by atoms with van der Waals surface area (Å²) in [4.78, 5) is 15.9. The first kappa shape index (κ1) is 11.4. The molecule has 0 radical (unpaired) electrons. The number of nitrogen functional groups attached to an aromatic ring is 1. The molecule has 0 fully saturated rings. The fraction of sp³-hybridized carbons (Fsp3) is 0.333. The third-order valence-electron chi connectivity index (χ3n) is 2.05. The highest BCUT2D eigenvalue weighted by Gasteiger charge is 2.21. The van der Waals surface area contributed by atoms with Crippen LogP contribution in [0.25, 0.3) is 11.1 Å². The number of nitrogens with two attached hydrogens (primary N) is 1. The average molecular weight is 234 g/mol. The van der Waals surface area contributed by atoms with E-state index in [-0.39, 0.29) is 6.01 Å². The van der Waals surface area contributed by atoms with Crippen LogP contribution >= 0.6 is 0 Å². The van der Waals surface area contributed by atoms with E-state index in [4.69, 9.17) is 14.9 Å². The van der Waals surface area contributed by atoms with Gasteiger partial charge in [0.2, 0.25) is 0 Å². The lowest BCUT2D eigenvalue weighted by Crippen LogP contribution is -2.24. The molecule has 0 bridgehead atoms. The summed E-state index contributed by atoms with van der Waals surface area (Å²) in [6.45, 7) is 5.42. The lowest BCUT2D eigenvalue weighted by molar-refractivity contribution is 0.00716. The molecule has 0 atom stereocenters. The number of anilines is 1. The molecule has 5 heteroatoms. The topological polar surface area (TPSA) is 78.3 Å². The number of hydrogen-bond acceptors (Lipinski definition) is 5. The third kappa shape index (κ3) is 2.38. The van der Waals surface area contributed by atoms with Crippen LogP contribution in [0.2, 0.25) is 0 Å². The summed E-state index contributed by atoms with van der Waals surface area (Å²) in [7, 11) is 0. The molecule has 2 aromatic rings. The second-order valence-corrected chi connectivity index (χ2v) is 4.71. The fourth-order valence-electron chi connectivity index (χ4n) is 1.46. The van der Waals surface area contributed by atoms with E-state index in [0.29, 0.717) is 16.7 Å². The Kier molecular flexibility index (Phi) is 2.53. The molecular weight excluding hydrogens is 220 g/mol. The molecule has 0 saturated carbocycles. The number of fused-ring (bicyclic) bond motifs is 1. The monoisotopic (exact) mass is 234 g/mol. The van der Waals surface area contributed by atoms with Crippen LogP contribution in [0.5, 0.6) is 0 Å². The smallest absolute Gasteiger partial charge is 0.341 e. The lowest BCUT2D eigenvalue weighted by Gasteiger charge is -2.19. The van der Waals surface area contributed by atoms with Crippen molar-refractivity contribution < 1.29 is 13.9 Å². The van der Waals surface area contributed by atoms with Crippen LogP contribution in [0, 0.1) is 0 Å². The second kappa shape index (κ2) is 3.76. The van der Waals surface area contributed by atoms with Gasteiger partial charge in [0, 0.05) is 0 Å². The molecule has 0 saturated heterocycles. The Bertz CT molecular complexity index is 567. The summed E-state index contributed by atoms with van der Waals surface area (Å²) in [5.74, 6) is -0.434. The van der Waals surface area contributed by atoms with E-state index in [1.54, 1.807) is 18.2 Å². The average Bonchev–Trinajstić information content (AvgIpc) is 2.54. The second-order valence-electron chi connectivity index (χ2n) is 4.71. The molecule has 2 N–H and O–H groups in total. The Labute approximate surface area is 98.6 Å². The molecule has 2 rings (SSSR count). The first-order valence-corrected chi connectivity index (χ1v) is 5.25. The predicted octanol–water partition coefficient (Wildman–Crippen LogP) is 2.37. The van der Waals surface area contributed by atoms with E-state index in [2.05, 4.69) is 4.98 Å². The van der Waals surface area contributed by atoms with E-state index in [0.717, 1.165) is 0 Å². The molecule has 0 aliphatic heterocycles. The summed E-state index contributed by atoms with van der Waals surface area (Å²) in [5.41, 5.74) is 6.18. The minimum atomic E-state index is -0.547. The number of carbonyl (C=O) groups is 1. The van der Waals surface area contributed by atoms with Crippen molar-refractivity contribution in [2.45, 2.75) is 26.4 Å². The predicted molar refractivity (Wildman–Crippen MR) is 63.6 cm³/mol. The van der Waals surface area contributed by atoms with E-state index >= 15 is 0 Å². The highest BCUT2D eigenvalue weighted by atomic mass is 16.6. The van der Waals surface area contributed by atoms with Gasteiger partial charge in [-0.15, -0.1) is 0 Å². The number of nitrogens with zero attached hydrogens (tertiary/aromatic N) is 1. The van der Waals surface area contributed by atoms with Crippen LogP contribution in [0.15, 0.2) is 22.6 Å². The van der Waals surface area contributed by atoms with E-state index < -0.39 is 11.6 Å². The number of aromatic nitrogens is 1. The Morgan fingerprint density at radius 2 is 2.12 bits per heavy atom. The van der Waals surface area contributed by atoms with Gasteiger partial charge in [0.15, 0.2) is 5.58 Å². The normalized spacial score (nSPS) is 11.7. The first-order chi connectivity index (χ1) is 7.87. The fourth-order valence-corrected chi connectivity index (χ4v) is 1.46. The van der Waals surface area contributed by atoms with Crippen LogP contribution in [0.3, 0.4) is 0 Å². The third-order valence-corrected chi connectivity index (χ3v) is 2.05. The Morgan fingerprint density at radius 3 is 2.76 bits per heavy atom. The first-order valence-electron chi connectivity index (χ1n) is 5.25. The maximum atomic E-state index is 11.9. The molecule has 1 aromatic carbocycles. The number of para-hydroxylation sites is 1. The van der Waals surface area contributed by atoms with Crippen molar-refractivity contribution in [3.63, 3.8) is 0 Å². The Balaban J connectivity index is 2.45. The van der Waals surface area contributed by atoms with Crippen molar-refractivity contribution in [3.05, 3.63) is 23.8 Å². The zero-order chi connectivity index (χ0) is 12.6. The molecular formula is C12H14N2O3. The maximum Gasteiger partial charge on any atom is 0.341 e. The highest BCUT2D eigenvalue weighted by molar-refractivity contribution is 6.01. The van der Waals surface area contributed by atoms with Crippen LogP contribution in [0.4, 0.5) is 6.01 Å². The van der Waals surface area contributed by atoms with Crippen LogP contribution in [0.1, 0.15) is 31.1 Å². The summed E-state index contributed by atoms with van der Waals surface area (Å²) in [5, 5.41) is 0. The summed E-state index contributed by atoms with van der Waals surface area (Å²) >= 11 is 0.